The summed E-state index contributed by atoms with van der Waals surface area (Å²) in [5.41, 5.74) is 6.99. The lowest BCUT2D eigenvalue weighted by atomic mass is 10.1. The summed E-state index contributed by atoms with van der Waals surface area (Å²) in [7, 11) is -5.29. The summed E-state index contributed by atoms with van der Waals surface area (Å²) in [5, 5.41) is 1.82. The largest absolute Gasteiger partial charge is 0.748 e. The van der Waals surface area contributed by atoms with Crippen LogP contribution in [0.1, 0.15) is 51.5 Å². The molecule has 0 saturated carbocycles. The van der Waals surface area contributed by atoms with Gasteiger partial charge in [0, 0.05) is 47.1 Å². The lowest BCUT2D eigenvalue weighted by molar-refractivity contribution is -0.668. The first kappa shape index (κ1) is 49.5. The number of aromatic nitrogens is 1. The van der Waals surface area contributed by atoms with Crippen molar-refractivity contribution in [1.29, 1.82) is 0 Å². The van der Waals surface area contributed by atoms with Crippen molar-refractivity contribution in [3.8, 4) is 11.5 Å². The molecule has 0 radical (unpaired) electrons. The van der Waals surface area contributed by atoms with Crippen molar-refractivity contribution >= 4 is 76.7 Å². The molecule has 4 aromatic carbocycles. The van der Waals surface area contributed by atoms with E-state index in [4.69, 9.17) is 9.47 Å². The van der Waals surface area contributed by atoms with E-state index in [-0.39, 0.29) is 18.6 Å². The van der Waals surface area contributed by atoms with Gasteiger partial charge in [-0.25, -0.2) is 8.42 Å². The Hall–Kier alpha value is -4.94. The van der Waals surface area contributed by atoms with E-state index in [9.17, 15) is 25.9 Å². The Labute approximate surface area is 392 Å². The van der Waals surface area contributed by atoms with Gasteiger partial charge in [-0.1, -0.05) is 86.3 Å². The number of methoxy groups -OCH3 is 2. The first-order chi connectivity index (χ1) is 31.2. The van der Waals surface area contributed by atoms with Gasteiger partial charge in [0.25, 0.3) is 15.1 Å². The molecule has 346 valence electrons. The number of ether oxygens (including phenoxy) is 2. The summed E-state index contributed by atoms with van der Waals surface area (Å²) in [5.74, 6) is 0.559. The second-order valence-electron chi connectivity index (χ2n) is 15.3. The molecule has 0 bridgehead atoms. The van der Waals surface area contributed by atoms with Crippen LogP contribution in [0.3, 0.4) is 0 Å². The second-order valence-corrected chi connectivity index (χ2v) is 20.5. The number of nitrogens with zero attached hydrogens (tertiary/aromatic N) is 4. The molecule has 1 aliphatic heterocycles. The highest BCUT2D eigenvalue weighted by Gasteiger charge is 2.29. The summed E-state index contributed by atoms with van der Waals surface area (Å²) in [6.45, 7) is 10.8. The number of hydrogen-bond donors (Lipinski definition) is 1. The predicted octanol–water partition coefficient (Wildman–Crippen LogP) is 10.0. The number of hydrogen-bond acceptors (Lipinski definition) is 12. The molecule has 5 aromatic rings. The molecule has 2 heterocycles. The third-order valence-corrected chi connectivity index (χ3v) is 15.0. The zero-order valence-electron chi connectivity index (χ0n) is 37.6. The van der Waals surface area contributed by atoms with Crippen LogP contribution in [-0.2, 0) is 26.8 Å². The highest BCUT2D eigenvalue weighted by Crippen LogP contribution is 2.48. The second kappa shape index (κ2) is 23.0. The Morgan fingerprint density at radius 1 is 0.785 bits per heavy atom. The van der Waals surface area contributed by atoms with Crippen LogP contribution >= 0.6 is 23.1 Å². The van der Waals surface area contributed by atoms with Gasteiger partial charge in [0.1, 0.15) is 16.2 Å². The van der Waals surface area contributed by atoms with Crippen LogP contribution in [0.5, 0.6) is 11.5 Å². The number of fused-ring (bicyclic) bond motifs is 2. The average Bonchev–Trinajstić information content (AvgIpc) is 3.97. The molecule has 1 aromatic heterocycles. The zero-order valence-corrected chi connectivity index (χ0v) is 40.8. The third kappa shape index (κ3) is 13.3. The van der Waals surface area contributed by atoms with Crippen LogP contribution in [0.4, 0.5) is 17.1 Å². The Morgan fingerprint density at radius 2 is 1.42 bits per heavy atom. The lowest BCUT2D eigenvalue weighted by Crippen LogP contribution is -2.36. The van der Waals surface area contributed by atoms with E-state index < -0.39 is 26.0 Å². The molecular formula is C49H58N4O8S4. The standard InChI is InChI=1S/C43H43N3O8S4.C6H15N/c1-53-35-19-21-39-37(29-35)44(25-9-27-57(47,48)49)41(55-39)23-17-31-15-16-32(43(31)46(33-11-5-3-6-12-33)34-13-7-4-8-14-34)18-24-42-45(26-10-28-58(50,51)52)38-30-36(54-2)20-22-40(38)56-42;1-4-7(5-2)6-3/h3-8,11-14,17-24,29-30H,9-10,15-16,25-28H2,1-2H3,(H-,47,48,49,50,51,52);4-6H2,1-3H3. The number of rotatable bonds is 19. The molecule has 0 amide bonds. The Kier molecular flexibility index (Phi) is 17.5. The molecule has 0 unspecified atom stereocenters. The molecule has 0 saturated heterocycles. The third-order valence-electron chi connectivity index (χ3n) is 11.2. The van der Waals surface area contributed by atoms with E-state index in [0.29, 0.717) is 24.6 Å². The Balaban J connectivity index is 0.000000925. The summed E-state index contributed by atoms with van der Waals surface area (Å²) in [6, 6.07) is 32.0. The van der Waals surface area contributed by atoms with Gasteiger partial charge in [-0.2, -0.15) is 13.0 Å². The summed E-state index contributed by atoms with van der Waals surface area (Å²) in [6.07, 6.45) is 10.3. The van der Waals surface area contributed by atoms with Crippen molar-refractivity contribution in [2.24, 2.45) is 0 Å². The Bertz CT molecular complexity index is 2710. The van der Waals surface area contributed by atoms with Crippen LogP contribution in [-0.4, -0.2) is 82.7 Å². The van der Waals surface area contributed by atoms with Crippen molar-refractivity contribution < 1.29 is 40.0 Å². The Morgan fingerprint density at radius 3 is 2.00 bits per heavy atom. The molecule has 0 atom stereocenters. The van der Waals surface area contributed by atoms with E-state index in [2.05, 4.69) is 84.0 Å². The van der Waals surface area contributed by atoms with E-state index >= 15 is 0 Å². The van der Waals surface area contributed by atoms with Gasteiger partial charge in [-0.15, -0.1) is 0 Å². The van der Waals surface area contributed by atoms with Gasteiger partial charge in [0.05, 0.1) is 52.6 Å². The molecule has 1 aliphatic carbocycles. The van der Waals surface area contributed by atoms with Gasteiger partial charge in [-0.05, 0) is 111 Å². The van der Waals surface area contributed by atoms with Gasteiger partial charge in [0.2, 0.25) is 5.52 Å². The molecule has 0 fully saturated rings. The maximum Gasteiger partial charge on any atom is 0.264 e. The maximum atomic E-state index is 11.6. The molecule has 0 spiro atoms. The van der Waals surface area contributed by atoms with Gasteiger partial charge >= 0.3 is 0 Å². The zero-order chi connectivity index (χ0) is 46.6. The number of benzene rings is 4. The lowest BCUT2D eigenvalue weighted by Gasteiger charge is -2.28. The molecular weight excluding hydrogens is 901 g/mol. The fourth-order valence-corrected chi connectivity index (χ4v) is 10.9. The number of anilines is 3. The monoisotopic (exact) mass is 958 g/mol. The minimum atomic E-state index is -4.37. The quantitative estimate of drug-likeness (QED) is 0.0622. The SMILES string of the molecule is CCN(CC)CC.COc1ccc2c(c1)N(CCCS(=O)(=O)O)C(=CC=C1CCC(C=Cc3sc4ccc(OC)cc4[n+]3CCCS(=O)(=O)[O-])=C1N(c1ccccc1)c1ccccc1)S2. The van der Waals surface area contributed by atoms with E-state index in [1.54, 1.807) is 37.3 Å². The van der Waals surface area contributed by atoms with Crippen molar-refractivity contribution in [2.75, 3.05) is 61.7 Å². The molecule has 2 aliphatic rings. The van der Waals surface area contributed by atoms with Crippen LogP contribution < -0.4 is 23.8 Å². The van der Waals surface area contributed by atoms with Gasteiger partial charge in [0.15, 0.2) is 6.54 Å². The first-order valence-corrected chi connectivity index (χ1v) is 26.5. The topological polar surface area (TPSA) is 144 Å². The number of thiazole rings is 1. The van der Waals surface area contributed by atoms with Crippen LogP contribution in [0.15, 0.2) is 142 Å². The van der Waals surface area contributed by atoms with Gasteiger partial charge < -0.3 is 28.7 Å². The summed E-state index contributed by atoms with van der Waals surface area (Å²) < 4.78 is 81.5. The van der Waals surface area contributed by atoms with Crippen molar-refractivity contribution in [3.05, 3.63) is 142 Å². The van der Waals surface area contributed by atoms with Crippen LogP contribution in [0.25, 0.3) is 16.3 Å². The predicted molar refractivity (Wildman–Crippen MR) is 265 cm³/mol. The number of para-hydroxylation sites is 2. The molecule has 16 heteroatoms. The van der Waals surface area contributed by atoms with E-state index in [1.165, 1.54) is 19.6 Å². The molecule has 7 rings (SSSR count). The highest BCUT2D eigenvalue weighted by atomic mass is 32.2. The maximum absolute atomic E-state index is 11.6. The minimum absolute atomic E-state index is 0.174. The molecule has 65 heavy (non-hydrogen) atoms. The van der Waals surface area contributed by atoms with Crippen molar-refractivity contribution in [2.45, 2.75) is 57.9 Å². The van der Waals surface area contributed by atoms with Gasteiger partial charge in [-0.3, -0.25) is 4.55 Å². The first-order valence-electron chi connectivity index (χ1n) is 21.7. The molecule has 1 N–H and O–H groups in total. The van der Waals surface area contributed by atoms with E-state index in [1.807, 2.05) is 77.4 Å². The fourth-order valence-electron chi connectivity index (χ4n) is 7.83. The van der Waals surface area contributed by atoms with Crippen LogP contribution in [0.2, 0.25) is 0 Å². The van der Waals surface area contributed by atoms with Crippen LogP contribution in [0, 0.1) is 0 Å². The number of allylic oxidation sites excluding steroid dienone is 5. The smallest absolute Gasteiger partial charge is 0.264 e. The molecule has 12 nitrogen and oxygen atoms in total. The highest BCUT2D eigenvalue weighted by molar-refractivity contribution is 8.03. The average molecular weight is 959 g/mol. The summed E-state index contributed by atoms with van der Waals surface area (Å²) >= 11 is 3.17. The normalized spacial score (nSPS) is 15.4. The van der Waals surface area contributed by atoms with Crippen molar-refractivity contribution in [1.82, 2.24) is 4.90 Å². The van der Waals surface area contributed by atoms with Crippen molar-refractivity contribution in [3.63, 3.8) is 0 Å². The number of aryl methyl sites for hydroxylation is 1. The number of thioether (sulfide) groups is 1. The minimum Gasteiger partial charge on any atom is -0.748 e. The van der Waals surface area contributed by atoms with E-state index in [0.717, 1.165) is 71.9 Å². The summed E-state index contributed by atoms with van der Waals surface area (Å²) in [4.78, 5) is 7.73. The fraction of sp³-hybridized carbons (Fsp3) is 0.327.